The molecule has 1 aromatic rings. The molecule has 1 saturated heterocycles. The molecule has 1 aromatic carbocycles. The van der Waals surface area contributed by atoms with E-state index in [1.54, 1.807) is 9.80 Å². The molecule has 0 saturated carbocycles. The molecule has 9 nitrogen and oxygen atoms in total. The third kappa shape index (κ3) is 4.67. The van der Waals surface area contributed by atoms with Gasteiger partial charge in [-0.3, -0.25) is 19.3 Å². The van der Waals surface area contributed by atoms with Gasteiger partial charge in [0.1, 0.15) is 6.54 Å². The van der Waals surface area contributed by atoms with Crippen LogP contribution in [0.3, 0.4) is 0 Å². The Morgan fingerprint density at radius 2 is 1.75 bits per heavy atom. The Labute approximate surface area is 205 Å². The predicted octanol–water partition coefficient (Wildman–Crippen LogP) is 1.74. The first kappa shape index (κ1) is 25.3. The monoisotopic (exact) mass is 505 g/mol. The first-order valence-electron chi connectivity index (χ1n) is 11.4. The van der Waals surface area contributed by atoms with Gasteiger partial charge in [0.2, 0.25) is 11.8 Å². The Morgan fingerprint density at radius 3 is 2.36 bits per heavy atom. The van der Waals surface area contributed by atoms with Gasteiger partial charge in [0.05, 0.1) is 29.4 Å². The van der Waals surface area contributed by atoms with E-state index in [1.165, 1.54) is 41.0 Å². The number of halogens is 3. The Kier molecular flexibility index (Phi) is 6.79. The fourth-order valence-electron chi connectivity index (χ4n) is 4.77. The molecule has 0 radical (unpaired) electrons. The van der Waals surface area contributed by atoms with E-state index in [1.807, 2.05) is 0 Å². The van der Waals surface area contributed by atoms with Crippen LogP contribution >= 0.6 is 0 Å². The first-order chi connectivity index (χ1) is 17.0. The minimum atomic E-state index is -4.69. The molecule has 0 aliphatic carbocycles. The molecule has 1 fully saturated rings. The van der Waals surface area contributed by atoms with Gasteiger partial charge in [-0.2, -0.15) is 13.2 Å². The molecule has 5 amide bonds. The summed E-state index contributed by atoms with van der Waals surface area (Å²) in [5.74, 6) is -1.04. The summed E-state index contributed by atoms with van der Waals surface area (Å²) < 4.78 is 41.2. The summed E-state index contributed by atoms with van der Waals surface area (Å²) in [6.45, 7) is 6.11. The van der Waals surface area contributed by atoms with Gasteiger partial charge in [0.15, 0.2) is 0 Å². The highest BCUT2D eigenvalue weighted by molar-refractivity contribution is 6.03. The van der Waals surface area contributed by atoms with Crippen LogP contribution in [-0.2, 0) is 20.6 Å². The molecule has 0 aromatic heterocycles. The molecule has 1 N–H and O–H groups in total. The van der Waals surface area contributed by atoms with Crippen LogP contribution in [0.4, 0.5) is 18.0 Å². The zero-order valence-electron chi connectivity index (χ0n) is 19.7. The van der Waals surface area contributed by atoms with E-state index in [9.17, 15) is 32.3 Å². The van der Waals surface area contributed by atoms with Crippen LogP contribution in [0.25, 0.3) is 0 Å². The molecule has 1 atom stereocenters. The number of carbonyl (C=O) groups excluding carboxylic acids is 4. The normalized spacial score (nSPS) is 20.5. The molecule has 0 bridgehead atoms. The Bertz CT molecular complexity index is 1140. The highest BCUT2D eigenvalue weighted by Gasteiger charge is 2.46. The van der Waals surface area contributed by atoms with Gasteiger partial charge in [-0.15, -0.1) is 6.58 Å². The van der Waals surface area contributed by atoms with E-state index in [0.717, 1.165) is 6.07 Å². The second kappa shape index (κ2) is 9.67. The number of rotatable bonds is 5. The molecule has 3 aliphatic heterocycles. The lowest BCUT2D eigenvalue weighted by Crippen LogP contribution is -2.52. The van der Waals surface area contributed by atoms with Crippen LogP contribution in [0.5, 0.6) is 0 Å². The lowest BCUT2D eigenvalue weighted by Gasteiger charge is -2.35. The van der Waals surface area contributed by atoms with E-state index in [4.69, 9.17) is 0 Å². The maximum atomic E-state index is 13.7. The van der Waals surface area contributed by atoms with Crippen molar-refractivity contribution in [3.8, 4) is 0 Å². The summed E-state index contributed by atoms with van der Waals surface area (Å²) in [5.41, 5.74) is -0.946. The molecule has 36 heavy (non-hydrogen) atoms. The highest BCUT2D eigenvalue weighted by atomic mass is 19.4. The fourth-order valence-corrected chi connectivity index (χ4v) is 4.77. The number of benzene rings is 1. The smallest absolute Gasteiger partial charge is 0.339 e. The summed E-state index contributed by atoms with van der Waals surface area (Å²) >= 11 is 0. The second-order valence-corrected chi connectivity index (χ2v) is 8.78. The molecule has 0 unspecified atom stereocenters. The quantitative estimate of drug-likeness (QED) is 0.618. The molecule has 3 aliphatic rings. The van der Waals surface area contributed by atoms with E-state index in [0.29, 0.717) is 26.2 Å². The van der Waals surface area contributed by atoms with Gasteiger partial charge < -0.3 is 20.0 Å². The SMILES string of the molecule is C=CCN1C(=O)N[C@@H](c2ccccc2C(F)(F)F)C2=C1CN(CC(=O)N1CCN(C(C)=O)CC1)C2=O. The van der Waals surface area contributed by atoms with E-state index < -0.39 is 29.7 Å². The number of piperazine rings is 1. The lowest BCUT2D eigenvalue weighted by molar-refractivity contribution is -0.141. The molecule has 0 spiro atoms. The van der Waals surface area contributed by atoms with Gasteiger partial charge >= 0.3 is 12.2 Å². The van der Waals surface area contributed by atoms with Gasteiger partial charge in [-0.1, -0.05) is 24.3 Å². The van der Waals surface area contributed by atoms with Gasteiger partial charge in [-0.25, -0.2) is 4.79 Å². The van der Waals surface area contributed by atoms with Crippen molar-refractivity contribution in [1.82, 2.24) is 24.9 Å². The van der Waals surface area contributed by atoms with Crippen molar-refractivity contribution in [3.63, 3.8) is 0 Å². The highest BCUT2D eigenvalue weighted by Crippen LogP contribution is 2.41. The zero-order chi connectivity index (χ0) is 26.2. The number of urea groups is 1. The van der Waals surface area contributed by atoms with Gasteiger partial charge in [-0.05, 0) is 11.6 Å². The number of carbonyl (C=O) groups is 4. The largest absolute Gasteiger partial charge is 0.416 e. The van der Waals surface area contributed by atoms with Crippen LogP contribution in [0.15, 0.2) is 48.2 Å². The number of nitrogens with one attached hydrogen (secondary N) is 1. The Morgan fingerprint density at radius 1 is 1.11 bits per heavy atom. The maximum absolute atomic E-state index is 13.7. The third-order valence-electron chi connectivity index (χ3n) is 6.59. The molecule has 4 rings (SSSR count). The fraction of sp³-hybridized carbons (Fsp3) is 0.417. The number of hydrogen-bond donors (Lipinski definition) is 1. The van der Waals surface area contributed by atoms with Crippen LogP contribution in [0.1, 0.15) is 24.1 Å². The zero-order valence-corrected chi connectivity index (χ0v) is 19.7. The van der Waals surface area contributed by atoms with Crippen molar-refractivity contribution in [1.29, 1.82) is 0 Å². The van der Waals surface area contributed by atoms with Gasteiger partial charge in [0.25, 0.3) is 5.91 Å². The Balaban J connectivity index is 1.61. The van der Waals surface area contributed by atoms with Crippen LogP contribution in [-0.4, -0.2) is 89.2 Å². The van der Waals surface area contributed by atoms with E-state index in [-0.39, 0.29) is 48.3 Å². The number of hydrogen-bond acceptors (Lipinski definition) is 4. The van der Waals surface area contributed by atoms with Crippen molar-refractivity contribution in [2.75, 3.05) is 45.8 Å². The van der Waals surface area contributed by atoms with Crippen molar-refractivity contribution in [2.45, 2.75) is 19.1 Å². The summed E-state index contributed by atoms with van der Waals surface area (Å²) in [7, 11) is 0. The first-order valence-corrected chi connectivity index (χ1v) is 11.4. The Hall–Kier alpha value is -3.83. The average Bonchev–Trinajstić information content (AvgIpc) is 3.16. The van der Waals surface area contributed by atoms with Gasteiger partial charge in [0, 0.05) is 39.6 Å². The molecule has 3 heterocycles. The number of nitrogens with zero attached hydrogens (tertiary/aromatic N) is 4. The topological polar surface area (TPSA) is 93.3 Å². The molecular weight excluding hydrogens is 479 g/mol. The molecule has 192 valence electrons. The van der Waals surface area contributed by atoms with Crippen molar-refractivity contribution in [3.05, 3.63) is 59.3 Å². The third-order valence-corrected chi connectivity index (χ3v) is 6.59. The molecular formula is C24H26F3N5O4. The predicted molar refractivity (Wildman–Crippen MR) is 122 cm³/mol. The van der Waals surface area contributed by atoms with Crippen LogP contribution < -0.4 is 5.32 Å². The summed E-state index contributed by atoms with van der Waals surface area (Å²) in [4.78, 5) is 56.5. The summed E-state index contributed by atoms with van der Waals surface area (Å²) in [6.07, 6.45) is -3.25. The second-order valence-electron chi connectivity index (χ2n) is 8.78. The van der Waals surface area contributed by atoms with E-state index in [2.05, 4.69) is 11.9 Å². The standard InChI is InChI=1S/C24H26F3N5O4/c1-3-8-32-18-13-31(14-19(34)30-11-9-29(10-12-30)15(2)33)22(35)20(18)21(28-23(32)36)16-6-4-5-7-17(16)24(25,26)27/h3-7,21H,1,8-14H2,2H3,(H,28,36)/t21-/m0/s1. The number of alkyl halides is 3. The lowest BCUT2D eigenvalue weighted by atomic mass is 9.91. The van der Waals surface area contributed by atoms with Crippen molar-refractivity contribution in [2.24, 2.45) is 0 Å². The summed E-state index contributed by atoms with van der Waals surface area (Å²) in [6, 6.07) is 2.81. The van der Waals surface area contributed by atoms with Crippen LogP contribution in [0, 0.1) is 0 Å². The number of amides is 5. The minimum absolute atomic E-state index is 0.00217. The van der Waals surface area contributed by atoms with Crippen molar-refractivity contribution >= 4 is 23.8 Å². The van der Waals surface area contributed by atoms with Crippen molar-refractivity contribution < 1.29 is 32.3 Å². The average molecular weight is 505 g/mol. The summed E-state index contributed by atoms with van der Waals surface area (Å²) in [5, 5.41) is 2.54. The van der Waals surface area contributed by atoms with E-state index >= 15 is 0 Å². The molecule has 12 heteroatoms. The van der Waals surface area contributed by atoms with Crippen LogP contribution in [0.2, 0.25) is 0 Å². The maximum Gasteiger partial charge on any atom is 0.416 e. The minimum Gasteiger partial charge on any atom is -0.339 e.